The molecule has 0 saturated carbocycles. The highest BCUT2D eigenvalue weighted by atomic mass is 16.6. The Hall–Kier alpha value is -3.09. The highest BCUT2D eigenvalue weighted by Crippen LogP contribution is 2.17. The largest absolute Gasteiger partial charge is 0.486 e. The van der Waals surface area contributed by atoms with Crippen molar-refractivity contribution in [2.75, 3.05) is 6.54 Å². The molecule has 2 aromatic heterocycles. The first-order chi connectivity index (χ1) is 13.1. The van der Waals surface area contributed by atoms with Crippen molar-refractivity contribution in [2.45, 2.75) is 40.3 Å². The normalized spacial score (nSPS) is 10.8. The minimum atomic E-state index is -0.210. The Morgan fingerprint density at radius 3 is 2.52 bits per heavy atom. The van der Waals surface area contributed by atoms with E-state index in [1.807, 2.05) is 31.2 Å². The van der Waals surface area contributed by atoms with Gasteiger partial charge in [-0.1, -0.05) is 29.4 Å². The lowest BCUT2D eigenvalue weighted by Gasteiger charge is -2.18. The fourth-order valence-electron chi connectivity index (χ4n) is 2.60. The zero-order chi connectivity index (χ0) is 19.2. The van der Waals surface area contributed by atoms with Gasteiger partial charge in [-0.15, -0.1) is 0 Å². The van der Waals surface area contributed by atoms with Gasteiger partial charge in [0.15, 0.2) is 5.76 Å². The smallest absolute Gasteiger partial charge is 0.289 e. The average molecular weight is 369 g/mol. The van der Waals surface area contributed by atoms with E-state index in [9.17, 15) is 4.79 Å². The molecule has 0 fully saturated rings. The van der Waals surface area contributed by atoms with E-state index in [0.29, 0.717) is 30.2 Å². The lowest BCUT2D eigenvalue weighted by molar-refractivity contribution is 0.0712. The summed E-state index contributed by atoms with van der Waals surface area (Å²) in [5.74, 6) is 1.42. The number of aryl methyl sites for hydroxylation is 2. The van der Waals surface area contributed by atoms with E-state index in [0.717, 1.165) is 12.2 Å². The molecule has 142 valence electrons. The molecule has 3 rings (SSSR count). The van der Waals surface area contributed by atoms with E-state index in [2.05, 4.69) is 17.2 Å². The summed E-state index contributed by atoms with van der Waals surface area (Å²) in [5, 5.41) is 7.57. The maximum Gasteiger partial charge on any atom is 0.289 e. The number of hydrogen-bond donors (Lipinski definition) is 0. The van der Waals surface area contributed by atoms with Crippen LogP contribution in [0.1, 0.15) is 47.1 Å². The zero-order valence-electron chi connectivity index (χ0n) is 15.8. The summed E-state index contributed by atoms with van der Waals surface area (Å²) in [6.45, 7) is 6.89. The molecule has 0 saturated heterocycles. The lowest BCUT2D eigenvalue weighted by atomic mass is 10.2. The minimum absolute atomic E-state index is 0.210. The topological polar surface area (TPSA) is 81.6 Å². The summed E-state index contributed by atoms with van der Waals surface area (Å²) in [6.07, 6.45) is 0.988. The van der Waals surface area contributed by atoms with Crippen LogP contribution in [-0.2, 0) is 19.6 Å². The van der Waals surface area contributed by atoms with Crippen LogP contribution in [0.4, 0.5) is 0 Å². The number of hydrogen-bond acceptors (Lipinski definition) is 6. The number of benzene rings is 1. The van der Waals surface area contributed by atoms with Crippen molar-refractivity contribution in [2.24, 2.45) is 0 Å². The Labute approximate surface area is 157 Å². The Morgan fingerprint density at radius 1 is 1.11 bits per heavy atom. The third-order valence-electron chi connectivity index (χ3n) is 4.34. The van der Waals surface area contributed by atoms with Crippen molar-refractivity contribution in [3.05, 3.63) is 64.9 Å². The Bertz CT molecular complexity index is 883. The second-order valence-corrected chi connectivity index (χ2v) is 6.17. The van der Waals surface area contributed by atoms with Gasteiger partial charge in [-0.2, -0.15) is 0 Å². The highest BCUT2D eigenvalue weighted by Gasteiger charge is 2.20. The third kappa shape index (κ3) is 4.55. The lowest BCUT2D eigenvalue weighted by Crippen LogP contribution is -2.30. The van der Waals surface area contributed by atoms with Crippen LogP contribution < -0.4 is 4.74 Å². The molecule has 0 unspecified atom stereocenters. The molecule has 3 aromatic rings. The van der Waals surface area contributed by atoms with Gasteiger partial charge in [0.25, 0.3) is 5.91 Å². The van der Waals surface area contributed by atoms with Gasteiger partial charge < -0.3 is 14.1 Å². The van der Waals surface area contributed by atoms with Crippen LogP contribution in [0.15, 0.2) is 45.4 Å². The van der Waals surface area contributed by atoms with Crippen LogP contribution in [-0.4, -0.2) is 27.7 Å². The first-order valence-corrected chi connectivity index (χ1v) is 8.98. The van der Waals surface area contributed by atoms with Gasteiger partial charge in [0.05, 0.1) is 6.54 Å². The quantitative estimate of drug-likeness (QED) is 0.601. The first-order valence-electron chi connectivity index (χ1n) is 8.98. The fraction of sp³-hybridized carbons (Fsp3) is 0.350. The monoisotopic (exact) mass is 369 g/mol. The molecular formula is C20H23N3O4. The standard InChI is InChI=1S/C20H23N3O4/c1-4-15-6-8-16(9-7-15)25-13-17-10-11-19(26-17)20(24)23(5-2)12-18-14(3)21-27-22-18/h6-11H,4-5,12-13H2,1-3H3. The Morgan fingerprint density at radius 2 is 1.89 bits per heavy atom. The van der Waals surface area contributed by atoms with E-state index in [4.69, 9.17) is 13.8 Å². The second-order valence-electron chi connectivity index (χ2n) is 6.17. The van der Waals surface area contributed by atoms with Crippen molar-refractivity contribution in [3.8, 4) is 5.75 Å². The number of rotatable bonds is 8. The fourth-order valence-corrected chi connectivity index (χ4v) is 2.60. The number of carbonyl (C=O) groups is 1. The zero-order valence-corrected chi connectivity index (χ0v) is 15.8. The summed E-state index contributed by atoms with van der Waals surface area (Å²) < 4.78 is 16.1. The molecule has 0 atom stereocenters. The molecule has 0 aliphatic heterocycles. The maximum absolute atomic E-state index is 12.7. The summed E-state index contributed by atoms with van der Waals surface area (Å²) in [7, 11) is 0. The van der Waals surface area contributed by atoms with E-state index >= 15 is 0 Å². The molecule has 0 spiro atoms. The van der Waals surface area contributed by atoms with Gasteiger partial charge >= 0.3 is 0 Å². The van der Waals surface area contributed by atoms with E-state index in [1.54, 1.807) is 24.0 Å². The third-order valence-corrected chi connectivity index (χ3v) is 4.34. The predicted molar refractivity (Wildman–Crippen MR) is 98.3 cm³/mol. The van der Waals surface area contributed by atoms with Crippen molar-refractivity contribution < 1.29 is 18.6 Å². The van der Waals surface area contributed by atoms with E-state index in [1.165, 1.54) is 5.56 Å². The molecule has 1 aromatic carbocycles. The minimum Gasteiger partial charge on any atom is -0.486 e. The molecule has 2 heterocycles. The second kappa shape index (κ2) is 8.53. The average Bonchev–Trinajstić information content (AvgIpc) is 3.33. The summed E-state index contributed by atoms with van der Waals surface area (Å²) >= 11 is 0. The highest BCUT2D eigenvalue weighted by molar-refractivity contribution is 5.91. The van der Waals surface area contributed by atoms with Crippen LogP contribution in [0, 0.1) is 6.92 Å². The van der Waals surface area contributed by atoms with Gasteiger partial charge in [0, 0.05) is 6.54 Å². The summed E-state index contributed by atoms with van der Waals surface area (Å²) in [4.78, 5) is 14.3. The molecule has 1 amide bonds. The summed E-state index contributed by atoms with van der Waals surface area (Å²) in [6, 6.07) is 11.3. The number of furan rings is 1. The molecular weight excluding hydrogens is 346 g/mol. The molecule has 0 bridgehead atoms. The van der Waals surface area contributed by atoms with Gasteiger partial charge in [-0.05, 0) is 50.1 Å². The van der Waals surface area contributed by atoms with E-state index in [-0.39, 0.29) is 18.3 Å². The van der Waals surface area contributed by atoms with Crippen LogP contribution in [0.25, 0.3) is 0 Å². The predicted octanol–water partition coefficient (Wildman–Crippen LogP) is 3.77. The molecule has 27 heavy (non-hydrogen) atoms. The Kier molecular flexibility index (Phi) is 5.90. The molecule has 7 nitrogen and oxygen atoms in total. The van der Waals surface area contributed by atoms with Crippen LogP contribution >= 0.6 is 0 Å². The SMILES string of the molecule is CCc1ccc(OCc2ccc(C(=O)N(CC)Cc3nonc3C)o2)cc1. The van der Waals surface area contributed by atoms with Crippen LogP contribution in [0.2, 0.25) is 0 Å². The maximum atomic E-state index is 12.7. The molecule has 0 aliphatic carbocycles. The number of aromatic nitrogens is 2. The van der Waals surface area contributed by atoms with Gasteiger partial charge in [0.1, 0.15) is 29.5 Å². The van der Waals surface area contributed by atoms with Crippen LogP contribution in [0.3, 0.4) is 0 Å². The molecule has 0 aliphatic rings. The number of nitrogens with zero attached hydrogens (tertiary/aromatic N) is 3. The Balaban J connectivity index is 1.61. The molecule has 7 heteroatoms. The van der Waals surface area contributed by atoms with Crippen molar-refractivity contribution in [1.29, 1.82) is 0 Å². The van der Waals surface area contributed by atoms with Crippen molar-refractivity contribution in [1.82, 2.24) is 15.2 Å². The molecule has 0 radical (unpaired) electrons. The van der Waals surface area contributed by atoms with Crippen LogP contribution in [0.5, 0.6) is 5.75 Å². The van der Waals surface area contributed by atoms with Gasteiger partial charge in [-0.3, -0.25) is 4.79 Å². The number of amides is 1. The molecule has 0 N–H and O–H groups in total. The number of carbonyl (C=O) groups excluding carboxylic acids is 1. The van der Waals surface area contributed by atoms with Crippen molar-refractivity contribution >= 4 is 5.91 Å². The van der Waals surface area contributed by atoms with Gasteiger partial charge in [0.2, 0.25) is 0 Å². The van der Waals surface area contributed by atoms with Gasteiger partial charge in [-0.25, -0.2) is 4.63 Å². The number of ether oxygens (including phenoxy) is 1. The summed E-state index contributed by atoms with van der Waals surface area (Å²) in [5.41, 5.74) is 2.56. The van der Waals surface area contributed by atoms with Crippen molar-refractivity contribution in [3.63, 3.8) is 0 Å². The van der Waals surface area contributed by atoms with E-state index < -0.39 is 0 Å². The first kappa shape index (κ1) is 18.7.